The van der Waals surface area contributed by atoms with Crippen molar-refractivity contribution >= 4 is 72.3 Å². The highest BCUT2D eigenvalue weighted by molar-refractivity contribution is 9.11. The highest BCUT2D eigenvalue weighted by Gasteiger charge is 2.38. The Labute approximate surface area is 196 Å². The molecule has 0 spiro atoms. The molecule has 0 radical (unpaired) electrons. The summed E-state index contributed by atoms with van der Waals surface area (Å²) in [5.74, 6) is -2.08. The van der Waals surface area contributed by atoms with E-state index in [0.717, 1.165) is 52.7 Å². The first-order valence-electron chi connectivity index (χ1n) is 9.21. The van der Waals surface area contributed by atoms with Crippen molar-refractivity contribution in [2.75, 3.05) is 36.4 Å². The number of carbonyl (C=O) groups is 2. The summed E-state index contributed by atoms with van der Waals surface area (Å²) in [4.78, 5) is 33.8. The minimum atomic E-state index is -5.08. The summed E-state index contributed by atoms with van der Waals surface area (Å²) in [6.07, 6.45) is -2.20. The Balaban J connectivity index is 0.000000360. The Morgan fingerprint density at radius 3 is 2.66 bits per heavy atom. The first-order valence-corrected chi connectivity index (χ1v) is 11.8. The van der Waals surface area contributed by atoms with Gasteiger partial charge in [0, 0.05) is 25.0 Å². The van der Waals surface area contributed by atoms with Gasteiger partial charge in [-0.2, -0.15) is 13.2 Å². The molecule has 0 aliphatic carbocycles. The molecule has 1 saturated heterocycles. The zero-order chi connectivity index (χ0) is 23.3. The van der Waals surface area contributed by atoms with Crippen LogP contribution in [0.5, 0.6) is 0 Å². The zero-order valence-corrected chi connectivity index (χ0v) is 19.5. The van der Waals surface area contributed by atoms with Gasteiger partial charge in [0.1, 0.15) is 16.2 Å². The van der Waals surface area contributed by atoms with Gasteiger partial charge < -0.3 is 20.6 Å². The van der Waals surface area contributed by atoms with E-state index in [1.165, 1.54) is 22.7 Å². The summed E-state index contributed by atoms with van der Waals surface area (Å²) >= 11 is 6.42. The molecule has 3 aromatic heterocycles. The molecule has 1 aliphatic heterocycles. The van der Waals surface area contributed by atoms with E-state index in [1.54, 1.807) is 6.20 Å². The first-order chi connectivity index (χ1) is 15.2. The van der Waals surface area contributed by atoms with Crippen LogP contribution >= 0.6 is 38.6 Å². The summed E-state index contributed by atoms with van der Waals surface area (Å²) in [6.45, 7) is 3.80. The normalized spacial score (nSPS) is 14.4. The lowest BCUT2D eigenvalue weighted by atomic mass is 10.2. The van der Waals surface area contributed by atoms with Crippen molar-refractivity contribution in [2.24, 2.45) is 0 Å². The zero-order valence-electron chi connectivity index (χ0n) is 16.3. The molecule has 8 nitrogen and oxygen atoms in total. The van der Waals surface area contributed by atoms with Gasteiger partial charge in [-0.05, 0) is 40.3 Å². The SMILES string of the molecule is O=C(Nc1ccsc1Br)c1csc2ncc(N3CCCNCC3)nc12.O=C(O)C(F)(F)F. The van der Waals surface area contributed by atoms with Crippen molar-refractivity contribution < 1.29 is 27.9 Å². The molecule has 0 aromatic carbocycles. The van der Waals surface area contributed by atoms with Crippen LogP contribution in [0.25, 0.3) is 10.3 Å². The Kier molecular flexibility index (Phi) is 8.03. The van der Waals surface area contributed by atoms with Gasteiger partial charge in [0.15, 0.2) is 0 Å². The van der Waals surface area contributed by atoms with E-state index in [9.17, 15) is 18.0 Å². The smallest absolute Gasteiger partial charge is 0.475 e. The predicted molar refractivity (Wildman–Crippen MR) is 121 cm³/mol. The monoisotopic (exact) mass is 551 g/mol. The van der Waals surface area contributed by atoms with Gasteiger partial charge in [-0.15, -0.1) is 22.7 Å². The Morgan fingerprint density at radius 1 is 1.25 bits per heavy atom. The average Bonchev–Trinajstić information content (AvgIpc) is 3.23. The summed E-state index contributed by atoms with van der Waals surface area (Å²) in [6, 6.07) is 1.88. The number of halogens is 4. The molecule has 1 amide bonds. The van der Waals surface area contributed by atoms with Crippen LogP contribution in [0.2, 0.25) is 0 Å². The van der Waals surface area contributed by atoms with Gasteiger partial charge in [0.05, 0.1) is 21.2 Å². The second-order valence-electron chi connectivity index (χ2n) is 6.49. The fraction of sp³-hybridized carbons (Fsp3) is 0.333. The van der Waals surface area contributed by atoms with Crippen molar-refractivity contribution in [3.8, 4) is 0 Å². The maximum atomic E-state index is 12.7. The lowest BCUT2D eigenvalue weighted by molar-refractivity contribution is -0.192. The molecule has 14 heteroatoms. The van der Waals surface area contributed by atoms with Crippen LogP contribution in [0.3, 0.4) is 0 Å². The summed E-state index contributed by atoms with van der Waals surface area (Å²) in [5, 5.41) is 17.2. The Bertz CT molecular complexity index is 1100. The second kappa shape index (κ2) is 10.6. The fourth-order valence-electron chi connectivity index (χ4n) is 2.76. The second-order valence-corrected chi connectivity index (χ2v) is 9.58. The Hall–Kier alpha value is -2.29. The predicted octanol–water partition coefficient (Wildman–Crippen LogP) is 4.20. The number of nitrogens with zero attached hydrogens (tertiary/aromatic N) is 3. The molecule has 32 heavy (non-hydrogen) atoms. The number of rotatable bonds is 3. The minimum absolute atomic E-state index is 0.158. The number of aromatic nitrogens is 2. The molecule has 0 saturated carbocycles. The number of hydrogen-bond donors (Lipinski definition) is 3. The highest BCUT2D eigenvalue weighted by atomic mass is 79.9. The number of alkyl halides is 3. The minimum Gasteiger partial charge on any atom is -0.475 e. The summed E-state index contributed by atoms with van der Waals surface area (Å²) in [5.41, 5.74) is 2.01. The maximum Gasteiger partial charge on any atom is 0.490 e. The highest BCUT2D eigenvalue weighted by Crippen LogP contribution is 2.30. The van der Waals surface area contributed by atoms with E-state index in [1.807, 2.05) is 16.8 Å². The molecule has 4 heterocycles. The molecule has 1 fully saturated rings. The lowest BCUT2D eigenvalue weighted by Gasteiger charge is -2.20. The number of carboxylic acid groups (broad SMARTS) is 1. The van der Waals surface area contributed by atoms with Crippen molar-refractivity contribution in [2.45, 2.75) is 12.6 Å². The topological polar surface area (TPSA) is 107 Å². The molecule has 0 bridgehead atoms. The number of hydrogen-bond acceptors (Lipinski definition) is 8. The fourth-order valence-corrected chi connectivity index (χ4v) is 4.71. The molecule has 3 aromatic rings. The van der Waals surface area contributed by atoms with Crippen molar-refractivity contribution in [3.63, 3.8) is 0 Å². The largest absolute Gasteiger partial charge is 0.490 e. The number of thiophene rings is 2. The number of anilines is 2. The number of carboxylic acids is 1. The quantitative estimate of drug-likeness (QED) is 0.447. The van der Waals surface area contributed by atoms with Gasteiger partial charge in [0.2, 0.25) is 0 Å². The van der Waals surface area contributed by atoms with Crippen LogP contribution in [-0.2, 0) is 4.79 Å². The van der Waals surface area contributed by atoms with Gasteiger partial charge in [-0.3, -0.25) is 4.79 Å². The molecular weight excluding hydrogens is 535 g/mol. The number of aliphatic carboxylic acids is 1. The molecular formula is C18H17BrF3N5O3S2. The Morgan fingerprint density at radius 2 is 2.00 bits per heavy atom. The summed E-state index contributed by atoms with van der Waals surface area (Å²) < 4.78 is 32.6. The van der Waals surface area contributed by atoms with E-state index >= 15 is 0 Å². The molecule has 3 N–H and O–H groups in total. The van der Waals surface area contributed by atoms with E-state index in [0.29, 0.717) is 11.1 Å². The molecule has 0 unspecified atom stereocenters. The van der Waals surface area contributed by atoms with E-state index in [4.69, 9.17) is 14.9 Å². The molecule has 1 aliphatic rings. The van der Waals surface area contributed by atoms with Gasteiger partial charge >= 0.3 is 12.1 Å². The first kappa shape index (κ1) is 24.4. The van der Waals surface area contributed by atoms with Crippen LogP contribution < -0.4 is 15.5 Å². The van der Waals surface area contributed by atoms with Crippen LogP contribution in [-0.4, -0.2) is 59.3 Å². The van der Waals surface area contributed by atoms with Crippen LogP contribution in [0, 0.1) is 0 Å². The number of fused-ring (bicyclic) bond motifs is 1. The van der Waals surface area contributed by atoms with Gasteiger partial charge in [-0.25, -0.2) is 14.8 Å². The van der Waals surface area contributed by atoms with E-state index in [-0.39, 0.29) is 5.91 Å². The standard InChI is InChI=1S/C16H16BrN5OS2.C2HF3O2/c17-14-11(2-7-24-14)20-15(23)10-9-25-16-13(10)21-12(8-19-16)22-5-1-3-18-4-6-22;3-2(4,5)1(6)7/h2,7-9,18H,1,3-6H2,(H,20,23);(H,6,7). The van der Waals surface area contributed by atoms with Crippen molar-refractivity contribution in [1.29, 1.82) is 0 Å². The third-order valence-corrected chi connectivity index (χ3v) is 6.85. The third-order valence-electron chi connectivity index (χ3n) is 4.29. The van der Waals surface area contributed by atoms with Crippen LogP contribution in [0.15, 0.2) is 26.8 Å². The molecule has 172 valence electrons. The third kappa shape index (κ3) is 6.15. The number of nitrogens with one attached hydrogen (secondary N) is 2. The average molecular weight is 552 g/mol. The molecule has 4 rings (SSSR count). The van der Waals surface area contributed by atoms with E-state index in [2.05, 4.69) is 36.4 Å². The molecule has 0 atom stereocenters. The van der Waals surface area contributed by atoms with Crippen LogP contribution in [0.1, 0.15) is 16.8 Å². The van der Waals surface area contributed by atoms with Crippen molar-refractivity contribution in [3.05, 3.63) is 32.4 Å². The van der Waals surface area contributed by atoms with Gasteiger partial charge in [-0.1, -0.05) is 0 Å². The van der Waals surface area contributed by atoms with E-state index < -0.39 is 12.1 Å². The lowest BCUT2D eigenvalue weighted by Crippen LogP contribution is -2.28. The number of carbonyl (C=O) groups excluding carboxylic acids is 1. The van der Waals surface area contributed by atoms with Gasteiger partial charge in [0.25, 0.3) is 5.91 Å². The number of amides is 1. The van der Waals surface area contributed by atoms with Crippen molar-refractivity contribution in [1.82, 2.24) is 15.3 Å². The van der Waals surface area contributed by atoms with Crippen LogP contribution in [0.4, 0.5) is 24.7 Å². The summed E-state index contributed by atoms with van der Waals surface area (Å²) in [7, 11) is 0. The maximum absolute atomic E-state index is 12.7.